The number of carbonyl (C=O) groups excluding carboxylic acids is 1. The van der Waals surface area contributed by atoms with Crippen molar-refractivity contribution < 1.29 is 4.79 Å². The largest absolute Gasteiger partial charge is 0.300 e. The Hall–Kier alpha value is -0.590. The molecule has 1 nitrogen and oxygen atoms in total. The monoisotopic (exact) mass is 398 g/mol. The Morgan fingerprint density at radius 2 is 1.59 bits per heavy atom. The van der Waals surface area contributed by atoms with E-state index in [9.17, 15) is 4.79 Å². The molecule has 0 radical (unpaired) electrons. The van der Waals surface area contributed by atoms with Crippen LogP contribution in [0, 0.1) is 58.2 Å². The molecule has 4 aliphatic rings. The van der Waals surface area contributed by atoms with E-state index in [4.69, 9.17) is 0 Å². The number of Topliss-reactive ketones (excluding diaryl/α,β-unsaturated/α-hetero) is 1. The predicted molar refractivity (Wildman–Crippen MR) is 123 cm³/mol. The average Bonchev–Trinajstić information content (AvgIpc) is 3.03. The third-order valence-electron chi connectivity index (χ3n) is 11.0. The first-order valence-electron chi connectivity index (χ1n) is 12.9. The summed E-state index contributed by atoms with van der Waals surface area (Å²) in [5.41, 5.74) is 0.994. The number of allylic oxidation sites excluding steroid dienone is 2. The summed E-state index contributed by atoms with van der Waals surface area (Å²) in [5, 5.41) is 0. The molecule has 0 aliphatic heterocycles. The molecule has 1 heteroatoms. The van der Waals surface area contributed by atoms with Crippen LogP contribution in [0.15, 0.2) is 12.2 Å². The quantitative estimate of drug-likeness (QED) is 0.443. The van der Waals surface area contributed by atoms with Gasteiger partial charge in [0, 0.05) is 12.8 Å². The van der Waals surface area contributed by atoms with Gasteiger partial charge in [-0.3, -0.25) is 4.79 Å². The van der Waals surface area contributed by atoms with E-state index in [0.717, 1.165) is 42.4 Å². The normalized spacial score (nSPS) is 47.0. The Morgan fingerprint density at radius 3 is 2.31 bits per heavy atom. The zero-order valence-corrected chi connectivity index (χ0v) is 20.0. The molecule has 2 unspecified atom stereocenters. The third kappa shape index (κ3) is 3.57. The minimum absolute atomic E-state index is 0.453. The van der Waals surface area contributed by atoms with Crippen molar-refractivity contribution in [2.24, 2.45) is 58.2 Å². The van der Waals surface area contributed by atoms with E-state index in [1.807, 2.05) is 0 Å². The fourth-order valence-corrected chi connectivity index (χ4v) is 8.66. The van der Waals surface area contributed by atoms with Gasteiger partial charge in [0.15, 0.2) is 0 Å². The van der Waals surface area contributed by atoms with Gasteiger partial charge in [-0.2, -0.15) is 0 Å². The summed E-state index contributed by atoms with van der Waals surface area (Å²) in [6, 6.07) is 0. The molecule has 0 aromatic rings. The minimum atomic E-state index is 0.453. The number of hydrogen-bond acceptors (Lipinski definition) is 1. The van der Waals surface area contributed by atoms with Crippen molar-refractivity contribution in [2.45, 2.75) is 99.3 Å². The van der Waals surface area contributed by atoms with Crippen LogP contribution in [0.5, 0.6) is 0 Å². The molecular formula is C28H46O. The lowest BCUT2D eigenvalue weighted by Crippen LogP contribution is -2.53. The molecule has 0 aromatic carbocycles. The molecule has 0 bridgehead atoms. The number of ketones is 1. The first-order valence-corrected chi connectivity index (χ1v) is 12.9. The lowest BCUT2D eigenvalue weighted by Gasteiger charge is -2.60. The van der Waals surface area contributed by atoms with Crippen molar-refractivity contribution in [1.29, 1.82) is 0 Å². The number of rotatable bonds is 4. The van der Waals surface area contributed by atoms with Gasteiger partial charge in [0.2, 0.25) is 0 Å². The lowest BCUT2D eigenvalue weighted by atomic mass is 9.44. The van der Waals surface area contributed by atoms with Crippen LogP contribution in [0.2, 0.25) is 0 Å². The van der Waals surface area contributed by atoms with Crippen LogP contribution in [0.4, 0.5) is 0 Å². The molecule has 4 fully saturated rings. The molecule has 0 heterocycles. The maximum Gasteiger partial charge on any atom is 0.133 e. The predicted octanol–water partition coefficient (Wildman–Crippen LogP) is 7.70. The molecule has 4 saturated carbocycles. The van der Waals surface area contributed by atoms with Crippen LogP contribution in [-0.2, 0) is 4.79 Å². The molecule has 4 aliphatic carbocycles. The van der Waals surface area contributed by atoms with Crippen molar-refractivity contribution in [3.05, 3.63) is 12.2 Å². The standard InChI is InChI=1S/C28H46O/c1-18(2)19(3)7-8-20(4)24-11-12-25-23-10-9-21-17-22(29)13-15-27(21,5)26(23)14-16-28(24,25)6/h7-8,18-21,23-26H,9-17H2,1-6H3/b8-7+/t19?,20-,21?,23+,24-,25+,26+,27+,28-/m1/s1. The van der Waals surface area contributed by atoms with Crippen LogP contribution in [0.3, 0.4) is 0 Å². The van der Waals surface area contributed by atoms with Gasteiger partial charge >= 0.3 is 0 Å². The van der Waals surface area contributed by atoms with E-state index in [1.165, 1.54) is 44.9 Å². The van der Waals surface area contributed by atoms with Gasteiger partial charge in [-0.15, -0.1) is 0 Å². The topological polar surface area (TPSA) is 17.1 Å². The van der Waals surface area contributed by atoms with Crippen molar-refractivity contribution in [3.63, 3.8) is 0 Å². The second-order valence-electron chi connectivity index (χ2n) is 12.5. The summed E-state index contributed by atoms with van der Waals surface area (Å²) in [6.45, 7) is 14.8. The minimum Gasteiger partial charge on any atom is -0.300 e. The van der Waals surface area contributed by atoms with E-state index >= 15 is 0 Å². The number of fused-ring (bicyclic) bond motifs is 5. The fraction of sp³-hybridized carbons (Fsp3) is 0.893. The van der Waals surface area contributed by atoms with E-state index in [2.05, 4.69) is 53.7 Å². The second kappa shape index (κ2) is 7.83. The number of carbonyl (C=O) groups is 1. The second-order valence-corrected chi connectivity index (χ2v) is 12.5. The highest BCUT2D eigenvalue weighted by Crippen LogP contribution is 2.68. The molecule has 0 aromatic heterocycles. The lowest BCUT2D eigenvalue weighted by molar-refractivity contribution is -0.140. The van der Waals surface area contributed by atoms with Crippen LogP contribution in [-0.4, -0.2) is 5.78 Å². The van der Waals surface area contributed by atoms with Gasteiger partial charge in [-0.05, 0) is 103 Å². The molecule has 4 rings (SSSR count). The van der Waals surface area contributed by atoms with Gasteiger partial charge in [0.05, 0.1) is 0 Å². The first kappa shape index (κ1) is 21.6. The number of hydrogen-bond donors (Lipinski definition) is 0. The summed E-state index contributed by atoms with van der Waals surface area (Å²) >= 11 is 0. The summed E-state index contributed by atoms with van der Waals surface area (Å²) in [4.78, 5) is 12.1. The summed E-state index contributed by atoms with van der Waals surface area (Å²) in [6.07, 6.45) is 16.5. The zero-order valence-electron chi connectivity index (χ0n) is 20.0. The molecule has 0 N–H and O–H groups in total. The van der Waals surface area contributed by atoms with Gasteiger partial charge in [-0.1, -0.05) is 53.7 Å². The van der Waals surface area contributed by atoms with Crippen molar-refractivity contribution in [2.75, 3.05) is 0 Å². The average molecular weight is 399 g/mol. The summed E-state index contributed by atoms with van der Waals surface area (Å²) in [7, 11) is 0. The molecule has 0 amide bonds. The Kier molecular flexibility index (Phi) is 5.84. The zero-order chi connectivity index (χ0) is 21.0. The molecule has 29 heavy (non-hydrogen) atoms. The van der Waals surface area contributed by atoms with Crippen LogP contribution < -0.4 is 0 Å². The highest BCUT2D eigenvalue weighted by Gasteiger charge is 2.60. The van der Waals surface area contributed by atoms with Gasteiger partial charge in [0.1, 0.15) is 5.78 Å². The maximum absolute atomic E-state index is 12.1. The Labute approximate surface area is 180 Å². The Morgan fingerprint density at radius 1 is 0.862 bits per heavy atom. The molecular weight excluding hydrogens is 352 g/mol. The van der Waals surface area contributed by atoms with E-state index in [0.29, 0.717) is 34.4 Å². The molecule has 9 atom stereocenters. The maximum atomic E-state index is 12.1. The summed E-state index contributed by atoms with van der Waals surface area (Å²) < 4.78 is 0. The highest BCUT2D eigenvalue weighted by molar-refractivity contribution is 5.79. The van der Waals surface area contributed by atoms with E-state index in [1.54, 1.807) is 0 Å². The van der Waals surface area contributed by atoms with E-state index in [-0.39, 0.29) is 0 Å². The van der Waals surface area contributed by atoms with Crippen molar-refractivity contribution >= 4 is 5.78 Å². The van der Waals surface area contributed by atoms with E-state index < -0.39 is 0 Å². The van der Waals surface area contributed by atoms with Crippen LogP contribution in [0.25, 0.3) is 0 Å². The summed E-state index contributed by atoms with van der Waals surface area (Å²) in [5.74, 6) is 6.97. The van der Waals surface area contributed by atoms with Gasteiger partial charge in [0.25, 0.3) is 0 Å². The molecule has 0 saturated heterocycles. The fourth-order valence-electron chi connectivity index (χ4n) is 8.66. The highest BCUT2D eigenvalue weighted by atomic mass is 16.1. The van der Waals surface area contributed by atoms with Crippen molar-refractivity contribution in [1.82, 2.24) is 0 Å². The first-order chi connectivity index (χ1) is 13.7. The SMILES string of the molecule is CC(C)C(C)/C=C/[C@@H](C)[C@H]1CC[C@H]2[C@@H]3CCC4CC(=O)CC[C@]4(C)[C@H]3CC[C@]12C. The molecule has 164 valence electrons. The van der Waals surface area contributed by atoms with Gasteiger partial charge in [-0.25, -0.2) is 0 Å². The van der Waals surface area contributed by atoms with Crippen molar-refractivity contribution in [3.8, 4) is 0 Å². The van der Waals surface area contributed by atoms with Crippen LogP contribution in [0.1, 0.15) is 99.3 Å². The third-order valence-corrected chi connectivity index (χ3v) is 11.0. The van der Waals surface area contributed by atoms with Crippen LogP contribution >= 0.6 is 0 Å². The molecule has 0 spiro atoms. The van der Waals surface area contributed by atoms with Gasteiger partial charge < -0.3 is 0 Å². The smallest absolute Gasteiger partial charge is 0.133 e. The Bertz CT molecular complexity index is 647. The Balaban J connectivity index is 1.51.